The lowest BCUT2D eigenvalue weighted by Gasteiger charge is -2.25. The van der Waals surface area contributed by atoms with E-state index in [0.717, 1.165) is 23.4 Å². The van der Waals surface area contributed by atoms with Crippen LogP contribution in [0.15, 0.2) is 73.2 Å². The molecule has 1 saturated heterocycles. The van der Waals surface area contributed by atoms with Gasteiger partial charge in [0.25, 0.3) is 0 Å². The topological polar surface area (TPSA) is 84.9 Å². The molecule has 2 aromatic carbocycles. The van der Waals surface area contributed by atoms with Crippen LogP contribution in [0.25, 0.3) is 0 Å². The second-order valence-corrected chi connectivity index (χ2v) is 8.83. The highest BCUT2D eigenvalue weighted by atomic mass is 16.5. The summed E-state index contributed by atoms with van der Waals surface area (Å²) >= 11 is 0. The first-order chi connectivity index (χ1) is 17.6. The van der Waals surface area contributed by atoms with Gasteiger partial charge in [-0.3, -0.25) is 19.6 Å². The molecule has 1 fully saturated rings. The number of ether oxygens (including phenoxy) is 2. The average Bonchev–Trinajstić information content (AvgIpc) is 3.09. The third kappa shape index (κ3) is 7.36. The van der Waals surface area contributed by atoms with Gasteiger partial charge < -0.3 is 19.3 Å². The van der Waals surface area contributed by atoms with Crippen molar-refractivity contribution in [1.82, 2.24) is 19.8 Å². The summed E-state index contributed by atoms with van der Waals surface area (Å²) in [7, 11) is 1.63. The molecule has 188 valence electrons. The highest BCUT2D eigenvalue weighted by Crippen LogP contribution is 2.17. The Hall–Kier alpha value is -3.78. The molecule has 0 spiro atoms. The molecule has 8 heteroatoms. The van der Waals surface area contributed by atoms with Crippen molar-refractivity contribution in [2.24, 2.45) is 0 Å². The number of aromatic nitrogens is 2. The third-order valence-electron chi connectivity index (χ3n) is 6.22. The minimum Gasteiger partial charge on any atom is -0.497 e. The average molecular weight is 489 g/mol. The van der Waals surface area contributed by atoms with E-state index in [2.05, 4.69) is 22.1 Å². The second-order valence-electron chi connectivity index (χ2n) is 8.83. The predicted molar refractivity (Wildman–Crippen MR) is 135 cm³/mol. The summed E-state index contributed by atoms with van der Waals surface area (Å²) in [5, 5.41) is 0. The molecule has 0 bridgehead atoms. The van der Waals surface area contributed by atoms with Crippen LogP contribution in [-0.4, -0.2) is 71.0 Å². The quantitative estimate of drug-likeness (QED) is 0.436. The van der Waals surface area contributed by atoms with Gasteiger partial charge in [-0.15, -0.1) is 0 Å². The zero-order chi connectivity index (χ0) is 25.2. The molecule has 1 atom stereocenters. The summed E-state index contributed by atoms with van der Waals surface area (Å²) in [6.45, 7) is 1.78. The molecule has 2 heterocycles. The molecule has 0 aliphatic carbocycles. The fourth-order valence-corrected chi connectivity index (χ4v) is 4.23. The monoisotopic (exact) mass is 488 g/mol. The zero-order valence-corrected chi connectivity index (χ0v) is 20.6. The van der Waals surface area contributed by atoms with Crippen LogP contribution in [0.3, 0.4) is 0 Å². The lowest BCUT2D eigenvalue weighted by Crippen LogP contribution is -2.40. The van der Waals surface area contributed by atoms with Gasteiger partial charge >= 0.3 is 0 Å². The molecule has 0 N–H and O–H groups in total. The number of hydrogen-bond donors (Lipinski definition) is 0. The van der Waals surface area contributed by atoms with Crippen molar-refractivity contribution in [1.29, 1.82) is 0 Å². The molecule has 4 rings (SSSR count). The van der Waals surface area contributed by atoms with Crippen LogP contribution in [0.5, 0.6) is 5.75 Å². The number of benzene rings is 2. The van der Waals surface area contributed by atoms with Gasteiger partial charge in [0.2, 0.25) is 11.8 Å². The van der Waals surface area contributed by atoms with Crippen molar-refractivity contribution in [3.8, 4) is 5.75 Å². The number of aryl methyl sites for hydroxylation is 1. The lowest BCUT2D eigenvalue weighted by atomic mass is 10.1. The summed E-state index contributed by atoms with van der Waals surface area (Å²) in [5.74, 6) is 0.609. The number of carbonyl (C=O) groups excluding carboxylic acids is 2. The molecule has 2 amide bonds. The lowest BCUT2D eigenvalue weighted by molar-refractivity contribution is -0.138. The fraction of sp³-hybridized carbons (Fsp3) is 0.357. The van der Waals surface area contributed by atoms with Gasteiger partial charge in [0.1, 0.15) is 5.75 Å². The van der Waals surface area contributed by atoms with E-state index >= 15 is 0 Å². The predicted octanol–water partition coefficient (Wildman–Crippen LogP) is 2.92. The maximum Gasteiger partial charge on any atom is 0.242 e. The molecule has 8 nitrogen and oxygen atoms in total. The van der Waals surface area contributed by atoms with Crippen molar-refractivity contribution < 1.29 is 19.1 Å². The molecule has 1 unspecified atom stereocenters. The van der Waals surface area contributed by atoms with Crippen LogP contribution < -0.4 is 4.74 Å². The van der Waals surface area contributed by atoms with Gasteiger partial charge in [-0.2, -0.15) is 0 Å². The van der Waals surface area contributed by atoms with Crippen LogP contribution in [-0.2, 0) is 33.8 Å². The Labute approximate surface area is 211 Å². The van der Waals surface area contributed by atoms with Crippen LogP contribution in [0.1, 0.15) is 23.2 Å². The Kier molecular flexibility index (Phi) is 8.99. The molecule has 3 aromatic rings. The van der Waals surface area contributed by atoms with E-state index in [1.807, 2.05) is 47.4 Å². The van der Waals surface area contributed by atoms with E-state index in [1.54, 1.807) is 30.6 Å². The van der Waals surface area contributed by atoms with Crippen LogP contribution in [0, 0.1) is 0 Å². The first kappa shape index (κ1) is 25.3. The number of rotatable bonds is 10. The van der Waals surface area contributed by atoms with Gasteiger partial charge in [0, 0.05) is 44.6 Å². The molecule has 1 aliphatic rings. The maximum atomic E-state index is 13.2. The highest BCUT2D eigenvalue weighted by Gasteiger charge is 2.30. The Morgan fingerprint density at radius 3 is 2.64 bits per heavy atom. The largest absolute Gasteiger partial charge is 0.497 e. The first-order valence-corrected chi connectivity index (χ1v) is 12.2. The normalized spacial score (nSPS) is 16.0. The minimum absolute atomic E-state index is 0.0487. The Morgan fingerprint density at radius 2 is 1.86 bits per heavy atom. The van der Waals surface area contributed by atoms with Crippen molar-refractivity contribution in [2.45, 2.75) is 32.0 Å². The first-order valence-electron chi connectivity index (χ1n) is 12.2. The standard InChI is InChI=1S/C28H32N4O4/c1-35-25-9-5-8-23(16-25)21-36-26-18-31(15-12-22-6-3-2-4-7-22)28(34)20-32(19-26)27(33)11-10-24-17-29-13-14-30-24/h2-9,13-14,16-17,26H,10-12,15,18-21H2,1H3. The summed E-state index contributed by atoms with van der Waals surface area (Å²) in [4.78, 5) is 38.0. The highest BCUT2D eigenvalue weighted by molar-refractivity contribution is 5.85. The maximum absolute atomic E-state index is 13.2. The van der Waals surface area contributed by atoms with E-state index in [0.29, 0.717) is 32.7 Å². The zero-order valence-electron chi connectivity index (χ0n) is 20.6. The number of carbonyl (C=O) groups is 2. The Bertz CT molecular complexity index is 1130. The van der Waals surface area contributed by atoms with Crippen molar-refractivity contribution >= 4 is 11.8 Å². The van der Waals surface area contributed by atoms with Gasteiger partial charge in [-0.25, -0.2) is 0 Å². The van der Waals surface area contributed by atoms with Crippen LogP contribution >= 0.6 is 0 Å². The second kappa shape index (κ2) is 12.8. The molecule has 1 aliphatic heterocycles. The van der Waals surface area contributed by atoms with Gasteiger partial charge in [0.05, 0.1) is 32.1 Å². The number of amides is 2. The van der Waals surface area contributed by atoms with Crippen molar-refractivity contribution in [2.75, 3.05) is 33.3 Å². The van der Waals surface area contributed by atoms with E-state index in [1.165, 1.54) is 5.56 Å². The third-order valence-corrected chi connectivity index (χ3v) is 6.22. The molecular formula is C28H32N4O4. The smallest absolute Gasteiger partial charge is 0.242 e. The van der Waals surface area contributed by atoms with E-state index in [9.17, 15) is 9.59 Å². The van der Waals surface area contributed by atoms with E-state index in [-0.39, 0.29) is 30.9 Å². The molecular weight excluding hydrogens is 456 g/mol. The molecule has 36 heavy (non-hydrogen) atoms. The van der Waals surface area contributed by atoms with Crippen molar-refractivity contribution in [3.05, 3.63) is 90.0 Å². The van der Waals surface area contributed by atoms with Gasteiger partial charge in [-0.1, -0.05) is 42.5 Å². The minimum atomic E-state index is -0.307. The van der Waals surface area contributed by atoms with Crippen LogP contribution in [0.4, 0.5) is 0 Å². The Balaban J connectivity index is 1.43. The SMILES string of the molecule is COc1cccc(COC2CN(CCc3ccccc3)C(=O)CN(C(=O)CCc3cnccn3)C2)c1. The Morgan fingerprint density at radius 1 is 1.03 bits per heavy atom. The summed E-state index contributed by atoms with van der Waals surface area (Å²) in [5.41, 5.74) is 2.89. The summed E-state index contributed by atoms with van der Waals surface area (Å²) in [6.07, 6.45) is 6.05. The molecule has 0 radical (unpaired) electrons. The molecule has 1 aromatic heterocycles. The van der Waals surface area contributed by atoms with E-state index in [4.69, 9.17) is 9.47 Å². The number of nitrogens with zero attached hydrogens (tertiary/aromatic N) is 4. The summed E-state index contributed by atoms with van der Waals surface area (Å²) < 4.78 is 11.6. The fourth-order valence-electron chi connectivity index (χ4n) is 4.23. The van der Waals surface area contributed by atoms with Gasteiger partial charge in [0.15, 0.2) is 0 Å². The number of hydrogen-bond acceptors (Lipinski definition) is 6. The number of methoxy groups -OCH3 is 1. The van der Waals surface area contributed by atoms with E-state index < -0.39 is 0 Å². The molecule has 0 saturated carbocycles. The van der Waals surface area contributed by atoms with Crippen LogP contribution in [0.2, 0.25) is 0 Å². The van der Waals surface area contributed by atoms with Gasteiger partial charge in [-0.05, 0) is 36.1 Å². The van der Waals surface area contributed by atoms with Crippen molar-refractivity contribution in [3.63, 3.8) is 0 Å². The summed E-state index contributed by atoms with van der Waals surface area (Å²) in [6, 6.07) is 17.8.